The third kappa shape index (κ3) is 13.5. The summed E-state index contributed by atoms with van der Waals surface area (Å²) in [4.78, 5) is 117. The van der Waals surface area contributed by atoms with Gasteiger partial charge in [-0.15, -0.1) is 0 Å². The molecule has 0 radical (unpaired) electrons. The Bertz CT molecular complexity index is 2550. The summed E-state index contributed by atoms with van der Waals surface area (Å²) < 4.78 is 0. The number of aryl methyl sites for hydroxylation is 2. The van der Waals surface area contributed by atoms with E-state index in [0.29, 0.717) is 51.9 Å². The van der Waals surface area contributed by atoms with Crippen LogP contribution in [0.1, 0.15) is 133 Å². The van der Waals surface area contributed by atoms with Gasteiger partial charge in [0.2, 0.25) is 35.4 Å². The Kier molecular flexibility index (Phi) is 19.3. The summed E-state index contributed by atoms with van der Waals surface area (Å²) in [5.41, 5.74) is 4.97. The van der Waals surface area contributed by atoms with Crippen molar-refractivity contribution >= 4 is 47.3 Å². The zero-order valence-corrected chi connectivity index (χ0v) is 46.7. The van der Waals surface area contributed by atoms with Crippen LogP contribution in [0.3, 0.4) is 0 Å². The highest BCUT2D eigenvalue weighted by molar-refractivity contribution is 5.99. The smallest absolute Gasteiger partial charge is 0.251 e. The van der Waals surface area contributed by atoms with E-state index >= 15 is 0 Å². The number of benzene rings is 3. The predicted octanol–water partition coefficient (Wildman–Crippen LogP) is 1.66. The van der Waals surface area contributed by atoms with Gasteiger partial charge in [0.05, 0.1) is 24.2 Å². The number of amides is 8. The van der Waals surface area contributed by atoms with Crippen molar-refractivity contribution in [2.45, 2.75) is 151 Å². The molecule has 430 valence electrons. The Labute approximate surface area is 469 Å². The van der Waals surface area contributed by atoms with Gasteiger partial charge in [-0.2, -0.15) is 0 Å². The number of likely N-dealkylation sites (N-methyl/N-ethyl adjacent to an activating group) is 2. The van der Waals surface area contributed by atoms with Gasteiger partial charge in [-0.05, 0) is 190 Å². The monoisotopic (exact) mass is 1100 g/mol. The van der Waals surface area contributed by atoms with Gasteiger partial charge in [0.25, 0.3) is 11.8 Å². The number of nitrogens with zero attached hydrogens (tertiary/aromatic N) is 2. The fraction of sp³-hybridized carbons (Fsp3) is 0.567. The quantitative estimate of drug-likeness (QED) is 0.0873. The summed E-state index contributed by atoms with van der Waals surface area (Å²) in [5, 5.41) is 31.3. The predicted molar refractivity (Wildman–Crippen MR) is 302 cm³/mol. The Hall–Kier alpha value is -6.74. The van der Waals surface area contributed by atoms with Crippen molar-refractivity contribution in [2.24, 2.45) is 11.8 Å². The SMILES string of the molecule is CN[C@@H](C)C(=O)N[C@H](C(=O)N1C[C@@H](NC(=O)c2ccc(C(=O)N[C@H]3C[C@@H](C(=O)N[C@@H]4CCCc5ccccc54)N(C(=O)[C@@H](NC(=O)[C@H](C)NC)C4CCNCC4)C3)cc2)C[C@H]1C(=O)N[C@@H]1CCCc2ccccc21)C1CCNCC1. The molecule has 0 saturated carbocycles. The Balaban J connectivity index is 0.896. The molecule has 2 aliphatic carbocycles. The topological polar surface area (TPSA) is 263 Å². The molecule has 80 heavy (non-hydrogen) atoms. The molecule has 4 saturated heterocycles. The van der Waals surface area contributed by atoms with Gasteiger partial charge in [-0.3, -0.25) is 38.4 Å². The average molecular weight is 1100 g/mol. The van der Waals surface area contributed by atoms with Gasteiger partial charge < -0.3 is 63.0 Å². The van der Waals surface area contributed by atoms with Crippen LogP contribution in [0.5, 0.6) is 0 Å². The molecular formula is C60H82N12O8. The Morgan fingerprint density at radius 3 is 1.25 bits per heavy atom. The van der Waals surface area contributed by atoms with Gasteiger partial charge in [-0.1, -0.05) is 48.5 Å². The van der Waals surface area contributed by atoms with Crippen LogP contribution in [0.4, 0.5) is 0 Å². The van der Waals surface area contributed by atoms with Crippen LogP contribution >= 0.6 is 0 Å². The van der Waals surface area contributed by atoms with Crippen molar-refractivity contribution in [1.82, 2.24) is 63.0 Å². The van der Waals surface area contributed by atoms with E-state index in [-0.39, 0.29) is 96.4 Å². The highest BCUT2D eigenvalue weighted by Crippen LogP contribution is 2.33. The standard InChI is InChI=1S/C60H82N12O8/c1-35(61-3)53(73)69-51(39-23-27-63-28-24-39)59(79)71-33-43(31-49(71)57(77)67-47-17-9-13-37-11-5-7-15-45(37)47)65-55(75)41-19-21-42(22-20-41)56(76)66-44-32-50(58(78)68-48-18-10-14-38-12-6-8-16-46(38)48)72(34-44)60(80)52(40-25-29-64-30-26-40)70-54(74)36(2)62-4/h5-8,11-12,15-16,19-22,35-36,39-40,43-44,47-52,61-64H,9-10,13-14,17-18,23-34H2,1-4H3,(H,65,75)(H,66,76)(H,67,77)(H,68,78)(H,69,73)(H,70,74)/t35-,36-,43-,44-,47+,48+,49-,50-,51-,52-/m0/s1. The summed E-state index contributed by atoms with van der Waals surface area (Å²) in [6, 6.07) is 15.8. The van der Waals surface area contributed by atoms with Crippen LogP contribution in [-0.2, 0) is 41.6 Å². The van der Waals surface area contributed by atoms with E-state index in [1.165, 1.54) is 20.9 Å². The lowest BCUT2D eigenvalue weighted by atomic mass is 9.87. The summed E-state index contributed by atoms with van der Waals surface area (Å²) >= 11 is 0. The molecule has 9 rings (SSSR count). The maximum Gasteiger partial charge on any atom is 0.251 e. The van der Waals surface area contributed by atoms with E-state index in [2.05, 4.69) is 65.3 Å². The molecule has 0 bridgehead atoms. The number of hydrogen-bond donors (Lipinski definition) is 10. The lowest BCUT2D eigenvalue weighted by molar-refractivity contribution is -0.143. The number of carbonyl (C=O) groups excluding carboxylic acids is 8. The molecule has 0 unspecified atom stereocenters. The number of rotatable bonds is 18. The fourth-order valence-electron chi connectivity index (χ4n) is 12.8. The van der Waals surface area contributed by atoms with E-state index in [9.17, 15) is 38.4 Å². The molecule has 4 fully saturated rings. The molecule has 4 aliphatic heterocycles. The lowest BCUT2D eigenvalue weighted by Gasteiger charge is -2.36. The molecule has 3 aromatic carbocycles. The number of nitrogens with one attached hydrogen (secondary N) is 10. The average Bonchev–Trinajstić information content (AvgIpc) is 4.12. The van der Waals surface area contributed by atoms with Crippen molar-refractivity contribution in [3.63, 3.8) is 0 Å². The van der Waals surface area contributed by atoms with Crippen LogP contribution in [0, 0.1) is 11.8 Å². The Morgan fingerprint density at radius 2 is 0.875 bits per heavy atom. The number of fused-ring (bicyclic) bond motifs is 2. The fourth-order valence-corrected chi connectivity index (χ4v) is 12.8. The van der Waals surface area contributed by atoms with Crippen LogP contribution in [0.25, 0.3) is 0 Å². The largest absolute Gasteiger partial charge is 0.347 e. The maximum absolute atomic E-state index is 14.9. The third-order valence-electron chi connectivity index (χ3n) is 17.7. The molecule has 10 atom stereocenters. The van der Waals surface area contributed by atoms with E-state index in [4.69, 9.17) is 0 Å². The Morgan fingerprint density at radius 1 is 0.500 bits per heavy atom. The first kappa shape index (κ1) is 57.9. The summed E-state index contributed by atoms with van der Waals surface area (Å²) in [6.07, 6.45) is 8.04. The van der Waals surface area contributed by atoms with Crippen LogP contribution in [0.2, 0.25) is 0 Å². The molecule has 0 spiro atoms. The second kappa shape index (κ2) is 26.7. The first-order valence-electron chi connectivity index (χ1n) is 29.2. The van der Waals surface area contributed by atoms with Gasteiger partial charge in [-0.25, -0.2) is 0 Å². The van der Waals surface area contributed by atoms with Gasteiger partial charge >= 0.3 is 0 Å². The maximum atomic E-state index is 14.9. The van der Waals surface area contributed by atoms with Gasteiger partial charge in [0.1, 0.15) is 24.2 Å². The molecule has 3 aromatic rings. The third-order valence-corrected chi connectivity index (χ3v) is 17.7. The first-order valence-corrected chi connectivity index (χ1v) is 29.2. The molecule has 4 heterocycles. The lowest BCUT2D eigenvalue weighted by Crippen LogP contribution is -2.59. The summed E-state index contributed by atoms with van der Waals surface area (Å²) in [6.45, 7) is 6.27. The molecule has 0 aromatic heterocycles. The zero-order valence-electron chi connectivity index (χ0n) is 46.7. The summed E-state index contributed by atoms with van der Waals surface area (Å²) in [5.74, 6) is -3.27. The second-order valence-electron chi connectivity index (χ2n) is 22.9. The summed E-state index contributed by atoms with van der Waals surface area (Å²) in [7, 11) is 3.36. The van der Waals surface area contributed by atoms with Crippen molar-refractivity contribution in [1.29, 1.82) is 0 Å². The minimum atomic E-state index is -0.927. The van der Waals surface area contributed by atoms with E-state index < -0.39 is 60.1 Å². The minimum absolute atomic E-state index is 0.0389. The van der Waals surface area contributed by atoms with E-state index in [0.717, 1.165) is 49.7 Å². The molecule has 8 amide bonds. The first-order chi connectivity index (χ1) is 38.7. The molecular weight excluding hydrogens is 1020 g/mol. The highest BCUT2D eigenvalue weighted by Gasteiger charge is 2.47. The van der Waals surface area contributed by atoms with Crippen molar-refractivity contribution in [2.75, 3.05) is 53.4 Å². The van der Waals surface area contributed by atoms with Crippen LogP contribution in [0.15, 0.2) is 72.8 Å². The molecule has 6 aliphatic rings. The number of carbonyl (C=O) groups is 8. The van der Waals surface area contributed by atoms with E-state index in [1.54, 1.807) is 52.2 Å². The number of likely N-dealkylation sites (tertiary alicyclic amines) is 2. The second-order valence-corrected chi connectivity index (χ2v) is 22.9. The van der Waals surface area contributed by atoms with Crippen molar-refractivity contribution in [3.8, 4) is 0 Å². The van der Waals surface area contributed by atoms with Crippen molar-refractivity contribution in [3.05, 3.63) is 106 Å². The van der Waals surface area contributed by atoms with Crippen molar-refractivity contribution < 1.29 is 38.4 Å². The molecule has 20 heteroatoms. The number of hydrogen-bond acceptors (Lipinski definition) is 12. The minimum Gasteiger partial charge on any atom is -0.347 e. The molecule has 10 N–H and O–H groups in total. The zero-order chi connectivity index (χ0) is 56.5. The normalized spacial score (nSPS) is 24.6. The van der Waals surface area contributed by atoms with Gasteiger partial charge in [0.15, 0.2) is 0 Å². The van der Waals surface area contributed by atoms with Crippen LogP contribution < -0.4 is 53.2 Å². The number of piperidine rings is 2. The molecule has 20 nitrogen and oxygen atoms in total. The van der Waals surface area contributed by atoms with E-state index in [1.807, 2.05) is 36.4 Å². The highest BCUT2D eigenvalue weighted by atomic mass is 16.2. The van der Waals surface area contributed by atoms with Crippen LogP contribution in [-0.4, -0.2) is 159 Å². The van der Waals surface area contributed by atoms with Gasteiger partial charge in [0, 0.05) is 36.3 Å².